The Morgan fingerprint density at radius 1 is 1.23 bits per heavy atom. The van der Waals surface area contributed by atoms with Gasteiger partial charge in [-0.2, -0.15) is 0 Å². The van der Waals surface area contributed by atoms with Crippen LogP contribution in [0.4, 0.5) is 0 Å². The molecular formula is C19H24N2O3S2. The van der Waals surface area contributed by atoms with Crippen LogP contribution in [0.5, 0.6) is 0 Å². The molecule has 1 aliphatic rings. The van der Waals surface area contributed by atoms with Crippen molar-refractivity contribution in [1.82, 2.24) is 10.0 Å². The molecule has 1 amide bonds. The smallest absolute Gasteiger partial charge is 0.261 e. The standard InChI is InChI=1S/C19H24N2O3S2/c1-13-3-8-17-16(9-13)10-18(25-17)19(22)21-11-14-4-6-15(7-5-14)12-26(23,24)20-2/h4-7,10,13,20H,3,8-9,11-12H2,1-2H3,(H,21,22). The van der Waals surface area contributed by atoms with Crippen LogP contribution in [0.15, 0.2) is 30.3 Å². The van der Waals surface area contributed by atoms with E-state index in [9.17, 15) is 13.2 Å². The number of hydrogen-bond acceptors (Lipinski definition) is 4. The van der Waals surface area contributed by atoms with Crippen molar-refractivity contribution in [2.24, 2.45) is 5.92 Å². The fourth-order valence-electron chi connectivity index (χ4n) is 3.13. The maximum Gasteiger partial charge on any atom is 0.261 e. The zero-order valence-electron chi connectivity index (χ0n) is 15.0. The Morgan fingerprint density at radius 3 is 2.62 bits per heavy atom. The highest BCUT2D eigenvalue weighted by Crippen LogP contribution is 2.32. The number of benzene rings is 1. The normalized spacial score (nSPS) is 16.9. The topological polar surface area (TPSA) is 75.3 Å². The zero-order chi connectivity index (χ0) is 18.7. The van der Waals surface area contributed by atoms with E-state index >= 15 is 0 Å². The number of fused-ring (bicyclic) bond motifs is 1. The number of carbonyl (C=O) groups excluding carboxylic acids is 1. The first-order valence-electron chi connectivity index (χ1n) is 8.75. The molecule has 1 heterocycles. The largest absolute Gasteiger partial charge is 0.347 e. The molecule has 0 aliphatic heterocycles. The third-order valence-electron chi connectivity index (χ3n) is 4.70. The van der Waals surface area contributed by atoms with Crippen molar-refractivity contribution < 1.29 is 13.2 Å². The molecule has 3 rings (SSSR count). The molecule has 1 atom stereocenters. The third-order valence-corrected chi connectivity index (χ3v) is 7.27. The summed E-state index contributed by atoms with van der Waals surface area (Å²) in [6.07, 6.45) is 3.34. The van der Waals surface area contributed by atoms with E-state index in [1.54, 1.807) is 23.5 Å². The molecule has 1 aromatic heterocycles. The maximum atomic E-state index is 12.4. The van der Waals surface area contributed by atoms with Crippen molar-refractivity contribution in [3.05, 3.63) is 56.8 Å². The number of rotatable bonds is 6. The van der Waals surface area contributed by atoms with Crippen LogP contribution in [0.2, 0.25) is 0 Å². The lowest BCUT2D eigenvalue weighted by molar-refractivity contribution is 0.0955. The van der Waals surface area contributed by atoms with Crippen molar-refractivity contribution >= 4 is 27.3 Å². The minimum atomic E-state index is -3.27. The van der Waals surface area contributed by atoms with Crippen LogP contribution in [0.3, 0.4) is 0 Å². The second-order valence-electron chi connectivity index (χ2n) is 6.87. The summed E-state index contributed by atoms with van der Waals surface area (Å²) in [5, 5.41) is 2.96. The Balaban J connectivity index is 1.58. The monoisotopic (exact) mass is 392 g/mol. The Kier molecular flexibility index (Phi) is 5.79. The number of thiophene rings is 1. The molecule has 0 radical (unpaired) electrons. The molecule has 2 aromatic rings. The molecule has 5 nitrogen and oxygen atoms in total. The van der Waals surface area contributed by atoms with Gasteiger partial charge in [0.25, 0.3) is 5.91 Å². The Labute approximate surface area is 158 Å². The van der Waals surface area contributed by atoms with E-state index in [4.69, 9.17) is 0 Å². The predicted molar refractivity (Wildman–Crippen MR) is 105 cm³/mol. The third kappa shape index (κ3) is 4.72. The summed E-state index contributed by atoms with van der Waals surface area (Å²) in [6.45, 7) is 2.68. The van der Waals surface area contributed by atoms with Crippen LogP contribution < -0.4 is 10.0 Å². The number of nitrogens with one attached hydrogen (secondary N) is 2. The van der Waals surface area contributed by atoms with Crippen LogP contribution >= 0.6 is 11.3 Å². The first-order valence-corrected chi connectivity index (χ1v) is 11.2. The summed E-state index contributed by atoms with van der Waals surface area (Å²) in [7, 11) is -1.87. The molecule has 0 fully saturated rings. The molecule has 26 heavy (non-hydrogen) atoms. The molecule has 0 bridgehead atoms. The summed E-state index contributed by atoms with van der Waals surface area (Å²) < 4.78 is 25.4. The molecule has 1 aromatic carbocycles. The van der Waals surface area contributed by atoms with Crippen LogP contribution in [0.1, 0.15) is 44.6 Å². The summed E-state index contributed by atoms with van der Waals surface area (Å²) in [5.74, 6) is 0.604. The molecular weight excluding hydrogens is 368 g/mol. The highest BCUT2D eigenvalue weighted by atomic mass is 32.2. The Hall–Kier alpha value is -1.70. The first-order chi connectivity index (χ1) is 12.4. The average Bonchev–Trinajstić information content (AvgIpc) is 3.04. The van der Waals surface area contributed by atoms with Crippen molar-refractivity contribution in [2.75, 3.05) is 7.05 Å². The van der Waals surface area contributed by atoms with Gasteiger partial charge in [0.2, 0.25) is 10.0 Å². The summed E-state index contributed by atoms with van der Waals surface area (Å²) >= 11 is 1.61. The minimum Gasteiger partial charge on any atom is -0.347 e. The van der Waals surface area contributed by atoms with Crippen molar-refractivity contribution in [3.63, 3.8) is 0 Å². The van der Waals surface area contributed by atoms with E-state index in [0.29, 0.717) is 12.5 Å². The van der Waals surface area contributed by atoms with E-state index in [1.807, 2.05) is 18.2 Å². The number of amides is 1. The van der Waals surface area contributed by atoms with Crippen LogP contribution in [0.25, 0.3) is 0 Å². The van der Waals surface area contributed by atoms with Crippen molar-refractivity contribution in [2.45, 2.75) is 38.5 Å². The lowest BCUT2D eigenvalue weighted by Crippen LogP contribution is -2.22. The van der Waals surface area contributed by atoms with Gasteiger partial charge in [0.15, 0.2) is 0 Å². The van der Waals surface area contributed by atoms with E-state index in [0.717, 1.165) is 28.8 Å². The average molecular weight is 393 g/mol. The van der Waals surface area contributed by atoms with Crippen molar-refractivity contribution in [1.29, 1.82) is 0 Å². The molecule has 1 aliphatic carbocycles. The van der Waals surface area contributed by atoms with Crippen LogP contribution in [0, 0.1) is 5.92 Å². The molecule has 1 unspecified atom stereocenters. The van der Waals surface area contributed by atoms with Gasteiger partial charge in [-0.1, -0.05) is 31.2 Å². The van der Waals surface area contributed by atoms with Gasteiger partial charge >= 0.3 is 0 Å². The molecule has 7 heteroatoms. The predicted octanol–water partition coefficient (Wildman–Crippen LogP) is 2.85. The first kappa shape index (κ1) is 19.1. The summed E-state index contributed by atoms with van der Waals surface area (Å²) in [5.41, 5.74) is 2.99. The SMILES string of the molecule is CNS(=O)(=O)Cc1ccc(CNC(=O)c2cc3c(s2)CCC(C)C3)cc1. The molecule has 2 N–H and O–H groups in total. The number of aryl methyl sites for hydroxylation is 1. The fraction of sp³-hybridized carbons (Fsp3) is 0.421. The van der Waals surface area contributed by atoms with Gasteiger partial charge in [0.05, 0.1) is 10.6 Å². The zero-order valence-corrected chi connectivity index (χ0v) is 16.7. The minimum absolute atomic E-state index is 0.0427. The van der Waals surface area contributed by atoms with Gasteiger partial charge in [-0.05, 0) is 55.0 Å². The quantitative estimate of drug-likeness (QED) is 0.794. The second kappa shape index (κ2) is 7.90. The van der Waals surface area contributed by atoms with Gasteiger partial charge in [-0.15, -0.1) is 11.3 Å². The number of hydrogen-bond donors (Lipinski definition) is 2. The molecule has 0 saturated heterocycles. The molecule has 0 spiro atoms. The van der Waals surface area contributed by atoms with E-state index in [1.165, 1.54) is 23.9 Å². The summed E-state index contributed by atoms with van der Waals surface area (Å²) in [6, 6.07) is 9.30. The number of carbonyl (C=O) groups is 1. The van der Waals surface area contributed by atoms with Crippen molar-refractivity contribution in [3.8, 4) is 0 Å². The fourth-order valence-corrected chi connectivity index (χ4v) is 5.03. The molecule has 140 valence electrons. The van der Waals surface area contributed by atoms with Gasteiger partial charge in [0.1, 0.15) is 0 Å². The Bertz CT molecular complexity index is 886. The van der Waals surface area contributed by atoms with Crippen LogP contribution in [-0.4, -0.2) is 21.4 Å². The lowest BCUT2D eigenvalue weighted by Gasteiger charge is -2.16. The van der Waals surface area contributed by atoms with Gasteiger partial charge in [-0.3, -0.25) is 4.79 Å². The maximum absolute atomic E-state index is 12.4. The van der Waals surface area contributed by atoms with Gasteiger partial charge in [-0.25, -0.2) is 13.1 Å². The molecule has 0 saturated carbocycles. The number of sulfonamides is 1. The van der Waals surface area contributed by atoms with E-state index in [-0.39, 0.29) is 11.7 Å². The van der Waals surface area contributed by atoms with E-state index in [2.05, 4.69) is 17.0 Å². The van der Waals surface area contributed by atoms with Crippen LogP contribution in [-0.2, 0) is 35.2 Å². The highest BCUT2D eigenvalue weighted by molar-refractivity contribution is 7.88. The van der Waals surface area contributed by atoms with Gasteiger partial charge in [0, 0.05) is 11.4 Å². The van der Waals surface area contributed by atoms with E-state index < -0.39 is 10.0 Å². The highest BCUT2D eigenvalue weighted by Gasteiger charge is 2.20. The second-order valence-corrected chi connectivity index (χ2v) is 9.93. The lowest BCUT2D eigenvalue weighted by atomic mass is 9.90. The Morgan fingerprint density at radius 2 is 1.92 bits per heavy atom. The van der Waals surface area contributed by atoms with Gasteiger partial charge < -0.3 is 5.32 Å². The summed E-state index contributed by atoms with van der Waals surface area (Å²) in [4.78, 5) is 14.6.